The van der Waals surface area contributed by atoms with E-state index in [1.807, 2.05) is 35.2 Å². The number of nitrogens with zero attached hydrogens (tertiary/aromatic N) is 1. The number of phenolic OH excluding ortho intramolecular Hbond substituents is 1. The number of halogens is 20. The molecule has 0 bridgehead atoms. The Balaban J connectivity index is 0.000000366. The molecule has 1 aromatic heterocycles. The summed E-state index contributed by atoms with van der Waals surface area (Å²) in [6.07, 6.45) is -3.53. The molecule has 320 valence electrons. The van der Waals surface area contributed by atoms with Crippen LogP contribution in [0.15, 0.2) is 54.9 Å². The average molecular weight is 893 g/mol. The molecule has 0 amide bonds. The van der Waals surface area contributed by atoms with Gasteiger partial charge in [-0.3, -0.25) is 4.79 Å². The number of aromatic hydroxyl groups is 1. The molecule has 0 radical (unpaired) electrons. The Morgan fingerprint density at radius 2 is 0.607 bits per heavy atom. The number of carbonyl (C=O) groups is 1. The van der Waals surface area contributed by atoms with Crippen molar-refractivity contribution in [2.45, 2.75) is 6.54 Å². The van der Waals surface area contributed by atoms with Gasteiger partial charge in [0.05, 0.1) is 0 Å². The maximum absolute atomic E-state index is 15.4. The molecule has 6 aromatic rings. The molecule has 0 atom stereocenters. The first kappa shape index (κ1) is 45.5. The van der Waals surface area contributed by atoms with Gasteiger partial charge in [0.15, 0.2) is 82.2 Å². The van der Waals surface area contributed by atoms with E-state index in [0.717, 1.165) is 0 Å². The van der Waals surface area contributed by atoms with Crippen molar-refractivity contribution in [1.82, 2.24) is 0 Å². The van der Waals surface area contributed by atoms with Crippen LogP contribution in [-0.4, -0.2) is 17.0 Å². The van der Waals surface area contributed by atoms with Crippen LogP contribution in [0.1, 0.15) is 10.4 Å². The molecule has 24 heteroatoms. The van der Waals surface area contributed by atoms with Gasteiger partial charge in [-0.25, -0.2) is 87.8 Å². The summed E-state index contributed by atoms with van der Waals surface area (Å²) in [5.41, 5.74) is -13.7. The smallest absolute Gasteiger partial charge is 0.227 e. The summed E-state index contributed by atoms with van der Waals surface area (Å²) in [7, 11) is 0. The molecule has 5 aromatic carbocycles. The highest BCUT2D eigenvalue weighted by Crippen LogP contribution is 2.30. The molecule has 0 saturated heterocycles. The van der Waals surface area contributed by atoms with Crippen LogP contribution in [0.5, 0.6) is 5.75 Å². The van der Waals surface area contributed by atoms with Crippen molar-refractivity contribution < 1.29 is 102 Å². The number of aromatic nitrogens is 1. The molecule has 61 heavy (non-hydrogen) atoms. The molecule has 0 fully saturated rings. The second-order valence-corrected chi connectivity index (χ2v) is 12.3. The Kier molecular flexibility index (Phi) is 12.5. The Morgan fingerprint density at radius 1 is 0.377 bits per heavy atom. The van der Waals surface area contributed by atoms with Gasteiger partial charge in [-0.15, -0.1) is 21.9 Å². The molecule has 0 aliphatic rings. The van der Waals surface area contributed by atoms with Gasteiger partial charge in [-0.05, 0) is 24.3 Å². The Bertz CT molecular complexity index is 2370. The van der Waals surface area contributed by atoms with Crippen LogP contribution in [0, 0.1) is 116 Å². The van der Waals surface area contributed by atoms with Gasteiger partial charge in [0.25, 0.3) is 0 Å². The molecular formula is C37H12BF20NO2. The molecule has 0 aliphatic carbocycles. The lowest BCUT2D eigenvalue weighted by atomic mass is 9.12. The largest absolute Gasteiger partial charge is 0.508 e. The van der Waals surface area contributed by atoms with Crippen molar-refractivity contribution in [2.75, 3.05) is 0 Å². The summed E-state index contributed by atoms with van der Waals surface area (Å²) in [6, 6.07) is 11.9. The number of carbonyl (C=O) groups excluding carboxylic acids is 1. The summed E-state index contributed by atoms with van der Waals surface area (Å²) >= 11 is 0. The standard InChI is InChI=1S/C24BF20.C13H11NO2/c26-5-1(6(27)14(35)21(42)13(5)34)25(2-7(28)15(36)22(43)16(37)8(2)29,3-9(30)17(38)23(44)18(39)10(3)31)4-11(32)19(40)24(45)20(41)12(4)33;15-12-6-4-11(5-7-12)13(16)10-14-8-2-1-3-9-14/h;1-9H,10H2/q-1;/p+1. The van der Waals surface area contributed by atoms with Gasteiger partial charge in [0.1, 0.15) is 58.4 Å². The summed E-state index contributed by atoms with van der Waals surface area (Å²) < 4.78 is 296. The molecule has 1 N–H and O–H groups in total. The van der Waals surface area contributed by atoms with Crippen molar-refractivity contribution >= 4 is 33.8 Å². The average Bonchev–Trinajstić information content (AvgIpc) is 3.24. The zero-order valence-corrected chi connectivity index (χ0v) is 28.8. The Hall–Kier alpha value is -6.62. The number of ketones is 1. The van der Waals surface area contributed by atoms with Crippen molar-refractivity contribution in [3.63, 3.8) is 0 Å². The second kappa shape index (κ2) is 16.8. The summed E-state index contributed by atoms with van der Waals surface area (Å²) in [4.78, 5) is 11.8. The van der Waals surface area contributed by atoms with E-state index in [2.05, 4.69) is 0 Å². The van der Waals surface area contributed by atoms with E-state index in [-0.39, 0.29) is 11.5 Å². The first-order valence-corrected chi connectivity index (χ1v) is 16.0. The number of phenols is 1. The van der Waals surface area contributed by atoms with Crippen LogP contribution >= 0.6 is 0 Å². The molecule has 6 rings (SSSR count). The fraction of sp³-hybridized carbons (Fsp3) is 0.0270. The number of pyridine rings is 1. The third kappa shape index (κ3) is 7.26. The number of rotatable bonds is 7. The number of hydrogen-bond acceptors (Lipinski definition) is 2. The van der Waals surface area contributed by atoms with E-state index in [0.29, 0.717) is 12.1 Å². The van der Waals surface area contributed by atoms with Crippen molar-refractivity contribution in [3.8, 4) is 5.75 Å². The molecule has 0 spiro atoms. The maximum Gasteiger partial charge on any atom is 0.227 e. The highest BCUT2D eigenvalue weighted by molar-refractivity contribution is 7.20. The maximum atomic E-state index is 15.4. The monoisotopic (exact) mass is 893 g/mol. The van der Waals surface area contributed by atoms with Gasteiger partial charge in [0.2, 0.25) is 12.3 Å². The first-order chi connectivity index (χ1) is 28.5. The summed E-state index contributed by atoms with van der Waals surface area (Å²) in [5, 5.41) is 9.11. The molecule has 0 unspecified atom stereocenters. The summed E-state index contributed by atoms with van der Waals surface area (Å²) in [6.45, 7) is 0.311. The van der Waals surface area contributed by atoms with Crippen molar-refractivity contribution in [3.05, 3.63) is 177 Å². The predicted molar refractivity (Wildman–Crippen MR) is 168 cm³/mol. The van der Waals surface area contributed by atoms with Crippen LogP contribution in [0.3, 0.4) is 0 Å². The van der Waals surface area contributed by atoms with E-state index < -0.39 is 144 Å². The van der Waals surface area contributed by atoms with Gasteiger partial charge in [-0.1, -0.05) is 6.07 Å². The first-order valence-electron chi connectivity index (χ1n) is 16.0. The third-order valence-corrected chi connectivity index (χ3v) is 9.00. The number of Topliss-reactive ketones (excluding diaryl/α,β-unsaturated/α-hetero) is 1. The van der Waals surface area contributed by atoms with Crippen molar-refractivity contribution in [1.29, 1.82) is 0 Å². The highest BCUT2D eigenvalue weighted by atomic mass is 19.2. The topological polar surface area (TPSA) is 41.2 Å². The fourth-order valence-corrected chi connectivity index (χ4v) is 6.32. The molecule has 0 saturated carbocycles. The van der Waals surface area contributed by atoms with E-state index in [1.54, 1.807) is 12.1 Å². The molecule has 0 aliphatic heterocycles. The zero-order chi connectivity index (χ0) is 45.7. The SMILES string of the molecule is Fc1c(F)c(F)c([B-](c2c(F)c(F)c(F)c(F)c2F)(c2c(F)c(F)c(F)c(F)c2F)c2c(F)c(F)c(F)c(F)c2F)c(F)c1F.O=C(C[n+]1ccccc1)c1ccc(O)cc1. The number of benzene rings is 5. The predicted octanol–water partition coefficient (Wildman–Crippen LogP) is 7.41. The zero-order valence-electron chi connectivity index (χ0n) is 28.8. The second-order valence-electron chi connectivity index (χ2n) is 12.3. The van der Waals surface area contributed by atoms with Crippen LogP contribution in [0.25, 0.3) is 0 Å². The normalized spacial score (nSPS) is 11.5. The number of hydrogen-bond donors (Lipinski definition) is 1. The Labute approximate surface area is 325 Å². The van der Waals surface area contributed by atoms with E-state index in [9.17, 15) is 57.5 Å². The lowest BCUT2D eigenvalue weighted by Crippen LogP contribution is -2.81. The summed E-state index contributed by atoms with van der Waals surface area (Å²) in [5.74, 6) is -71.2. The molecule has 1 heterocycles. The van der Waals surface area contributed by atoms with Crippen LogP contribution in [0.4, 0.5) is 87.8 Å². The van der Waals surface area contributed by atoms with Crippen molar-refractivity contribution in [2.24, 2.45) is 0 Å². The van der Waals surface area contributed by atoms with E-state index in [1.165, 1.54) is 12.1 Å². The van der Waals surface area contributed by atoms with Gasteiger partial charge in [-0.2, -0.15) is 4.57 Å². The highest BCUT2D eigenvalue weighted by Gasteiger charge is 2.52. The quantitative estimate of drug-likeness (QED) is 0.0454. The molecular weight excluding hydrogens is 881 g/mol. The van der Waals surface area contributed by atoms with Gasteiger partial charge < -0.3 is 5.11 Å². The van der Waals surface area contributed by atoms with Crippen LogP contribution in [-0.2, 0) is 6.54 Å². The van der Waals surface area contributed by atoms with Gasteiger partial charge >= 0.3 is 0 Å². The van der Waals surface area contributed by atoms with Crippen LogP contribution < -0.4 is 26.4 Å². The van der Waals surface area contributed by atoms with Crippen LogP contribution in [0.2, 0.25) is 0 Å². The lowest BCUT2D eigenvalue weighted by molar-refractivity contribution is -0.683. The minimum absolute atomic E-state index is 0.0243. The van der Waals surface area contributed by atoms with E-state index in [4.69, 9.17) is 5.11 Å². The Morgan fingerprint density at radius 3 is 0.852 bits per heavy atom. The molecule has 3 nitrogen and oxygen atoms in total. The lowest BCUT2D eigenvalue weighted by Gasteiger charge is -2.44. The van der Waals surface area contributed by atoms with E-state index >= 15 is 35.1 Å². The third-order valence-electron chi connectivity index (χ3n) is 9.00. The van der Waals surface area contributed by atoms with Gasteiger partial charge in [0, 0.05) is 17.7 Å². The minimum atomic E-state index is -7.22. The minimum Gasteiger partial charge on any atom is -0.508 e. The fourth-order valence-electron chi connectivity index (χ4n) is 6.32.